The number of benzene rings is 2. The molecule has 0 spiro atoms. The highest BCUT2D eigenvalue weighted by Crippen LogP contribution is 2.28. The number of anilines is 2. The van der Waals surface area contributed by atoms with Gasteiger partial charge in [0, 0.05) is 18.7 Å². The van der Waals surface area contributed by atoms with E-state index in [9.17, 15) is 0 Å². The predicted molar refractivity (Wildman–Crippen MR) is 85.8 cm³/mol. The minimum absolute atomic E-state index is 0.505. The Labute approximate surface area is 125 Å². The zero-order valence-corrected chi connectivity index (χ0v) is 12.4. The fourth-order valence-corrected chi connectivity index (χ4v) is 1.73. The van der Waals surface area contributed by atoms with Crippen LogP contribution in [0.25, 0.3) is 0 Å². The van der Waals surface area contributed by atoms with Crippen molar-refractivity contribution in [3.63, 3.8) is 0 Å². The Morgan fingerprint density at radius 3 is 2.33 bits per heavy atom. The van der Waals surface area contributed by atoms with Crippen LogP contribution in [0.1, 0.15) is 0 Å². The Bertz CT molecular complexity index is 600. The van der Waals surface area contributed by atoms with Crippen molar-refractivity contribution in [2.24, 2.45) is 0 Å². The summed E-state index contributed by atoms with van der Waals surface area (Å²) in [5.74, 6) is 2.12. The van der Waals surface area contributed by atoms with Gasteiger partial charge in [0.05, 0.1) is 11.4 Å². The van der Waals surface area contributed by atoms with Crippen LogP contribution in [0.2, 0.25) is 0 Å². The van der Waals surface area contributed by atoms with E-state index in [1.54, 1.807) is 18.2 Å². The van der Waals surface area contributed by atoms with Crippen molar-refractivity contribution >= 4 is 11.4 Å². The fraction of sp³-hybridized carbons (Fsp3) is 0.250. The predicted octanol–water partition coefficient (Wildman–Crippen LogP) is 2.58. The highest BCUT2D eigenvalue weighted by Gasteiger charge is 2.02. The maximum absolute atomic E-state index is 5.76. The van der Waals surface area contributed by atoms with Gasteiger partial charge in [-0.25, -0.2) is 0 Å². The number of hydrogen-bond donors (Lipinski definition) is 2. The molecule has 5 heteroatoms. The van der Waals surface area contributed by atoms with Crippen molar-refractivity contribution in [3.8, 4) is 17.2 Å². The van der Waals surface area contributed by atoms with Crippen LogP contribution in [0.4, 0.5) is 11.4 Å². The summed E-state index contributed by atoms with van der Waals surface area (Å²) in [6.07, 6.45) is 0. The number of rotatable bonds is 6. The molecule has 0 aliphatic rings. The van der Waals surface area contributed by atoms with E-state index >= 15 is 0 Å². The van der Waals surface area contributed by atoms with Gasteiger partial charge in [0.25, 0.3) is 0 Å². The number of hydrogen-bond acceptors (Lipinski definition) is 5. The molecule has 0 bridgehead atoms. The summed E-state index contributed by atoms with van der Waals surface area (Å²) in [5.41, 5.74) is 12.5. The quantitative estimate of drug-likeness (QED) is 0.799. The third kappa shape index (κ3) is 4.57. The van der Waals surface area contributed by atoms with Gasteiger partial charge in [0.15, 0.2) is 0 Å². The molecule has 0 saturated heterocycles. The summed E-state index contributed by atoms with van der Waals surface area (Å²) in [7, 11) is 4.02. The van der Waals surface area contributed by atoms with Crippen molar-refractivity contribution in [3.05, 3.63) is 42.5 Å². The number of ether oxygens (including phenoxy) is 2. The monoisotopic (exact) mass is 287 g/mol. The van der Waals surface area contributed by atoms with Crippen molar-refractivity contribution in [2.75, 3.05) is 38.7 Å². The van der Waals surface area contributed by atoms with Crippen LogP contribution >= 0.6 is 0 Å². The molecule has 0 amide bonds. The maximum Gasteiger partial charge on any atom is 0.131 e. The van der Waals surface area contributed by atoms with Gasteiger partial charge in [0.1, 0.15) is 23.9 Å². The normalized spacial score (nSPS) is 10.6. The fourth-order valence-electron chi connectivity index (χ4n) is 1.73. The molecule has 0 radical (unpaired) electrons. The average molecular weight is 287 g/mol. The summed E-state index contributed by atoms with van der Waals surface area (Å²) < 4.78 is 11.4. The largest absolute Gasteiger partial charge is 0.492 e. The Morgan fingerprint density at radius 2 is 1.62 bits per heavy atom. The second-order valence-corrected chi connectivity index (χ2v) is 5.02. The third-order valence-corrected chi connectivity index (χ3v) is 2.91. The molecule has 21 heavy (non-hydrogen) atoms. The van der Waals surface area contributed by atoms with Gasteiger partial charge in [-0.05, 0) is 38.4 Å². The molecule has 2 rings (SSSR count). The molecule has 2 aromatic rings. The number of nitrogens with two attached hydrogens (primary N) is 2. The molecule has 0 saturated carbocycles. The second kappa shape index (κ2) is 6.85. The first-order chi connectivity index (χ1) is 10.0. The minimum atomic E-state index is 0.505. The van der Waals surface area contributed by atoms with Crippen LogP contribution in [0.3, 0.4) is 0 Å². The maximum atomic E-state index is 5.76. The van der Waals surface area contributed by atoms with Crippen molar-refractivity contribution in [2.45, 2.75) is 0 Å². The number of nitrogen functional groups attached to an aromatic ring is 2. The van der Waals surface area contributed by atoms with Crippen LogP contribution in [-0.4, -0.2) is 32.1 Å². The Morgan fingerprint density at radius 1 is 0.905 bits per heavy atom. The van der Waals surface area contributed by atoms with Gasteiger partial charge in [-0.3, -0.25) is 0 Å². The van der Waals surface area contributed by atoms with Crippen LogP contribution in [0.15, 0.2) is 42.5 Å². The lowest BCUT2D eigenvalue weighted by Gasteiger charge is -2.12. The summed E-state index contributed by atoms with van der Waals surface area (Å²) in [6.45, 7) is 1.49. The molecule has 0 aliphatic heterocycles. The van der Waals surface area contributed by atoms with E-state index in [1.807, 2.05) is 38.4 Å². The Balaban J connectivity index is 2.01. The Kier molecular flexibility index (Phi) is 4.90. The van der Waals surface area contributed by atoms with Gasteiger partial charge in [-0.15, -0.1) is 0 Å². The van der Waals surface area contributed by atoms with Gasteiger partial charge in [-0.1, -0.05) is 6.07 Å². The van der Waals surface area contributed by atoms with E-state index in [4.69, 9.17) is 20.9 Å². The molecular weight excluding hydrogens is 266 g/mol. The standard InChI is InChI=1S/C16H21N3O2/c1-19(2)8-9-20-12-4-3-5-13(10-12)21-14-6-7-15(17)16(18)11-14/h3-7,10-11H,8-9,17-18H2,1-2H3. The van der Waals surface area contributed by atoms with E-state index in [2.05, 4.69) is 4.90 Å². The van der Waals surface area contributed by atoms with Gasteiger partial charge in [0.2, 0.25) is 0 Å². The van der Waals surface area contributed by atoms with Gasteiger partial charge < -0.3 is 25.8 Å². The van der Waals surface area contributed by atoms with Crippen LogP contribution in [0, 0.1) is 0 Å². The first kappa shape index (κ1) is 15.0. The van der Waals surface area contributed by atoms with Crippen LogP contribution in [-0.2, 0) is 0 Å². The highest BCUT2D eigenvalue weighted by molar-refractivity contribution is 5.65. The van der Waals surface area contributed by atoms with Gasteiger partial charge in [-0.2, -0.15) is 0 Å². The topological polar surface area (TPSA) is 73.7 Å². The lowest BCUT2D eigenvalue weighted by Crippen LogP contribution is -2.19. The molecule has 2 aromatic carbocycles. The van der Waals surface area contributed by atoms with Crippen LogP contribution < -0.4 is 20.9 Å². The minimum Gasteiger partial charge on any atom is -0.492 e. The van der Waals surface area contributed by atoms with Gasteiger partial charge >= 0.3 is 0 Å². The summed E-state index contributed by atoms with van der Waals surface area (Å²) in [6, 6.07) is 12.7. The van der Waals surface area contributed by atoms with E-state index < -0.39 is 0 Å². The molecule has 0 aliphatic carbocycles. The molecule has 0 fully saturated rings. The lowest BCUT2D eigenvalue weighted by molar-refractivity contribution is 0.260. The Hall–Kier alpha value is -2.40. The van der Waals surface area contributed by atoms with E-state index in [0.717, 1.165) is 12.3 Å². The van der Waals surface area contributed by atoms with Crippen molar-refractivity contribution < 1.29 is 9.47 Å². The molecule has 112 valence electrons. The number of nitrogens with zero attached hydrogens (tertiary/aromatic N) is 1. The molecular formula is C16H21N3O2. The summed E-state index contributed by atoms with van der Waals surface area (Å²) in [5, 5.41) is 0. The summed E-state index contributed by atoms with van der Waals surface area (Å²) in [4.78, 5) is 2.07. The molecule has 4 N–H and O–H groups in total. The van der Waals surface area contributed by atoms with E-state index in [0.29, 0.717) is 29.5 Å². The molecule has 0 aromatic heterocycles. The lowest BCUT2D eigenvalue weighted by atomic mass is 10.2. The smallest absolute Gasteiger partial charge is 0.131 e. The first-order valence-corrected chi connectivity index (χ1v) is 6.75. The highest BCUT2D eigenvalue weighted by atomic mass is 16.5. The van der Waals surface area contributed by atoms with E-state index in [-0.39, 0.29) is 0 Å². The SMILES string of the molecule is CN(C)CCOc1cccc(Oc2ccc(N)c(N)c2)c1. The third-order valence-electron chi connectivity index (χ3n) is 2.91. The summed E-state index contributed by atoms with van der Waals surface area (Å²) >= 11 is 0. The van der Waals surface area contributed by atoms with E-state index in [1.165, 1.54) is 0 Å². The molecule has 0 heterocycles. The second-order valence-electron chi connectivity index (χ2n) is 5.02. The zero-order chi connectivity index (χ0) is 15.2. The molecule has 0 atom stereocenters. The van der Waals surface area contributed by atoms with Crippen molar-refractivity contribution in [1.82, 2.24) is 4.90 Å². The molecule has 0 unspecified atom stereocenters. The first-order valence-electron chi connectivity index (χ1n) is 6.75. The van der Waals surface area contributed by atoms with Crippen LogP contribution in [0.5, 0.6) is 17.2 Å². The molecule has 5 nitrogen and oxygen atoms in total. The zero-order valence-electron chi connectivity index (χ0n) is 12.4. The average Bonchev–Trinajstić information content (AvgIpc) is 2.43. The number of likely N-dealkylation sites (N-methyl/N-ethyl adjacent to an activating group) is 1. The van der Waals surface area contributed by atoms with Crippen molar-refractivity contribution in [1.29, 1.82) is 0 Å².